The second-order valence-corrected chi connectivity index (χ2v) is 10.9. The Bertz CT molecular complexity index is 1340. The number of ether oxygens (including phenoxy) is 1. The average Bonchev–Trinajstić information content (AvgIpc) is 3.32. The number of nitrogens with zero attached hydrogens (tertiary/aromatic N) is 3. The maximum Gasteiger partial charge on any atom is 0.263 e. The number of carbonyl (C=O) groups excluding carboxylic acids is 2. The molecule has 1 atom stereocenters. The van der Waals surface area contributed by atoms with Gasteiger partial charge in [0.25, 0.3) is 15.9 Å². The lowest BCUT2D eigenvalue weighted by atomic mass is 10.2. The number of halogens is 1. The summed E-state index contributed by atoms with van der Waals surface area (Å²) < 4.78 is 33.2. The van der Waals surface area contributed by atoms with Crippen molar-refractivity contribution in [2.24, 2.45) is 0 Å². The van der Waals surface area contributed by atoms with Crippen LogP contribution in [0.1, 0.15) is 15.3 Å². The smallest absolute Gasteiger partial charge is 0.263 e. The highest BCUT2D eigenvalue weighted by Crippen LogP contribution is 2.25. The molecule has 1 aliphatic rings. The van der Waals surface area contributed by atoms with Crippen molar-refractivity contribution in [3.05, 3.63) is 64.6 Å². The third kappa shape index (κ3) is 5.75. The molecule has 0 radical (unpaired) electrons. The van der Waals surface area contributed by atoms with Crippen LogP contribution in [0.25, 0.3) is 0 Å². The topological polar surface area (TPSA) is 109 Å². The molecule has 4 rings (SSSR count). The van der Waals surface area contributed by atoms with Gasteiger partial charge in [-0.3, -0.25) is 14.3 Å². The van der Waals surface area contributed by atoms with E-state index in [0.29, 0.717) is 23.0 Å². The lowest BCUT2D eigenvalue weighted by Crippen LogP contribution is -2.54. The van der Waals surface area contributed by atoms with Crippen LogP contribution in [-0.2, 0) is 19.6 Å². The van der Waals surface area contributed by atoms with Crippen molar-refractivity contribution in [2.75, 3.05) is 29.3 Å². The van der Waals surface area contributed by atoms with Gasteiger partial charge in [-0.05, 0) is 61.9 Å². The van der Waals surface area contributed by atoms with Crippen molar-refractivity contribution in [2.45, 2.75) is 24.8 Å². The van der Waals surface area contributed by atoms with Crippen molar-refractivity contribution < 1.29 is 25.6 Å². The predicted molar refractivity (Wildman–Crippen MR) is 139 cm³/mol. The van der Waals surface area contributed by atoms with Crippen LogP contribution in [0, 0.1) is 6.92 Å². The SMILES string of the molecule is Cc1cc(Cl)ccc1O[C@@H](C)C(=O)N1CCN(c2ccc(S(=O)(=O)Nc3nccs3)cc2)C(=O)C1.[HH].[HH]. The zero-order valence-electron chi connectivity index (χ0n) is 19.0. The molecule has 0 unspecified atom stereocenters. The summed E-state index contributed by atoms with van der Waals surface area (Å²) in [5.41, 5.74) is 1.36. The Morgan fingerprint density at radius 1 is 1.23 bits per heavy atom. The summed E-state index contributed by atoms with van der Waals surface area (Å²) in [5, 5.41) is 2.52. The number of carbonyl (C=O) groups is 2. The van der Waals surface area contributed by atoms with Crippen LogP contribution in [0.5, 0.6) is 5.75 Å². The predicted octanol–water partition coefficient (Wildman–Crippen LogP) is 4.04. The largest absolute Gasteiger partial charge is 0.481 e. The molecule has 1 fully saturated rings. The third-order valence-corrected chi connectivity index (χ3v) is 7.84. The van der Waals surface area contributed by atoms with E-state index in [1.54, 1.807) is 42.6 Å². The van der Waals surface area contributed by atoms with Gasteiger partial charge in [-0.1, -0.05) is 11.6 Å². The van der Waals surface area contributed by atoms with Crippen LogP contribution in [0.4, 0.5) is 10.8 Å². The summed E-state index contributed by atoms with van der Waals surface area (Å²) in [6.07, 6.45) is 0.733. The van der Waals surface area contributed by atoms with Gasteiger partial charge < -0.3 is 14.5 Å². The van der Waals surface area contributed by atoms with E-state index in [1.165, 1.54) is 39.5 Å². The van der Waals surface area contributed by atoms with Crippen molar-refractivity contribution in [1.82, 2.24) is 9.88 Å². The van der Waals surface area contributed by atoms with E-state index in [2.05, 4.69) is 9.71 Å². The Kier molecular flexibility index (Phi) is 7.29. The van der Waals surface area contributed by atoms with E-state index < -0.39 is 16.1 Å². The quantitative estimate of drug-likeness (QED) is 0.486. The molecule has 0 bridgehead atoms. The first-order valence-electron chi connectivity index (χ1n) is 10.7. The minimum Gasteiger partial charge on any atom is -0.481 e. The van der Waals surface area contributed by atoms with Gasteiger partial charge in [-0.25, -0.2) is 13.4 Å². The molecule has 2 heterocycles. The van der Waals surface area contributed by atoms with Crippen LogP contribution in [0.3, 0.4) is 0 Å². The monoisotopic (exact) mass is 538 g/mol. The van der Waals surface area contributed by atoms with Crippen LogP contribution in [0.15, 0.2) is 58.9 Å². The van der Waals surface area contributed by atoms with E-state index in [-0.39, 0.29) is 37.8 Å². The van der Waals surface area contributed by atoms with Crippen molar-refractivity contribution in [3.8, 4) is 5.75 Å². The fourth-order valence-corrected chi connectivity index (χ4v) is 5.65. The number of thiazole rings is 1. The van der Waals surface area contributed by atoms with Crippen molar-refractivity contribution in [1.29, 1.82) is 0 Å². The first kappa shape index (κ1) is 25.0. The first-order valence-corrected chi connectivity index (χ1v) is 13.4. The third-order valence-electron chi connectivity index (χ3n) is 5.43. The molecule has 188 valence electrons. The molecule has 1 N–H and O–H groups in total. The molecule has 1 aliphatic heterocycles. The maximum absolute atomic E-state index is 12.9. The first-order chi connectivity index (χ1) is 16.6. The van der Waals surface area contributed by atoms with Gasteiger partial charge >= 0.3 is 0 Å². The second-order valence-electron chi connectivity index (χ2n) is 7.91. The van der Waals surface area contributed by atoms with Gasteiger partial charge in [0.05, 0.1) is 4.90 Å². The van der Waals surface area contributed by atoms with E-state index in [9.17, 15) is 18.0 Å². The normalized spacial score (nSPS) is 15.1. The molecule has 35 heavy (non-hydrogen) atoms. The highest BCUT2D eigenvalue weighted by atomic mass is 35.5. The Balaban J connectivity index is 0.00000241. The van der Waals surface area contributed by atoms with Gasteiger partial charge in [0.1, 0.15) is 12.3 Å². The van der Waals surface area contributed by atoms with Crippen molar-refractivity contribution in [3.63, 3.8) is 0 Å². The van der Waals surface area contributed by atoms with Crippen LogP contribution >= 0.6 is 22.9 Å². The molecule has 9 nitrogen and oxygen atoms in total. The zero-order chi connectivity index (χ0) is 25.2. The minimum atomic E-state index is -3.78. The fourth-order valence-electron chi connectivity index (χ4n) is 3.63. The summed E-state index contributed by atoms with van der Waals surface area (Å²) in [6.45, 7) is 3.99. The molecule has 2 aromatic carbocycles. The van der Waals surface area contributed by atoms with Crippen LogP contribution in [-0.4, -0.2) is 55.9 Å². The number of rotatable bonds is 7. The molecule has 0 spiro atoms. The highest BCUT2D eigenvalue weighted by Gasteiger charge is 2.31. The van der Waals surface area contributed by atoms with Gasteiger partial charge in [-0.15, -0.1) is 11.3 Å². The van der Waals surface area contributed by atoms with Gasteiger partial charge in [0.2, 0.25) is 5.91 Å². The molecular formula is C23H27ClN4O5S2. The Morgan fingerprint density at radius 2 is 1.97 bits per heavy atom. The number of aryl methyl sites for hydroxylation is 1. The number of piperazine rings is 1. The van der Waals surface area contributed by atoms with Crippen LogP contribution < -0.4 is 14.4 Å². The zero-order valence-corrected chi connectivity index (χ0v) is 21.4. The number of sulfonamides is 1. The van der Waals surface area contributed by atoms with E-state index in [4.69, 9.17) is 16.3 Å². The lowest BCUT2D eigenvalue weighted by Gasteiger charge is -2.35. The number of nitrogens with one attached hydrogen (secondary N) is 1. The molecule has 0 saturated carbocycles. The highest BCUT2D eigenvalue weighted by molar-refractivity contribution is 7.93. The standard InChI is InChI=1S/C23H23ClN4O5S2.2H2/c1-15-13-17(24)3-8-20(15)33-16(2)22(30)27-10-11-28(21(29)14-27)18-4-6-19(7-5-18)35(31,32)26-23-25-9-12-34-23;;/h3-9,12-13,16H,10-11,14H2,1-2H3,(H,25,26);2*1H/t16-;;/m0../s1. The Hall–Kier alpha value is -3.15. The molecule has 2 amide bonds. The summed E-state index contributed by atoms with van der Waals surface area (Å²) >= 11 is 7.15. The van der Waals surface area contributed by atoms with E-state index in [1.807, 2.05) is 6.92 Å². The summed E-state index contributed by atoms with van der Waals surface area (Å²) in [4.78, 5) is 32.7. The van der Waals surface area contributed by atoms with Gasteiger partial charge in [0.15, 0.2) is 11.2 Å². The Morgan fingerprint density at radius 3 is 2.60 bits per heavy atom. The molecule has 1 aromatic heterocycles. The summed E-state index contributed by atoms with van der Waals surface area (Å²) in [5.74, 6) is -0.00218. The molecule has 1 saturated heterocycles. The second kappa shape index (κ2) is 10.2. The van der Waals surface area contributed by atoms with Gasteiger partial charge in [0, 0.05) is 38.2 Å². The minimum absolute atomic E-state index is 0. The molecule has 12 heteroatoms. The number of aromatic nitrogens is 1. The number of benzene rings is 2. The number of hydrogen-bond acceptors (Lipinski definition) is 7. The fraction of sp³-hybridized carbons (Fsp3) is 0.261. The van der Waals surface area contributed by atoms with Gasteiger partial charge in [-0.2, -0.15) is 0 Å². The average molecular weight is 539 g/mol. The Labute approximate surface area is 215 Å². The number of amides is 2. The number of hydrogen-bond donors (Lipinski definition) is 1. The maximum atomic E-state index is 12.9. The molecule has 3 aromatic rings. The van der Waals surface area contributed by atoms with Crippen molar-refractivity contribution >= 4 is 55.6 Å². The number of anilines is 2. The van der Waals surface area contributed by atoms with E-state index in [0.717, 1.165) is 5.56 Å². The summed E-state index contributed by atoms with van der Waals surface area (Å²) in [7, 11) is -3.78. The lowest BCUT2D eigenvalue weighted by molar-refractivity contribution is -0.142. The van der Waals surface area contributed by atoms with Crippen LogP contribution in [0.2, 0.25) is 5.02 Å². The molecule has 0 aliphatic carbocycles. The van der Waals surface area contributed by atoms with E-state index >= 15 is 0 Å². The summed E-state index contributed by atoms with van der Waals surface area (Å²) in [6, 6.07) is 11.2. The molecular weight excluding hydrogens is 512 g/mol.